The summed E-state index contributed by atoms with van der Waals surface area (Å²) in [6, 6.07) is 18.6. The normalized spacial score (nSPS) is 10.2. The Morgan fingerprint density at radius 3 is 2.60 bits per heavy atom. The molecule has 0 bridgehead atoms. The third kappa shape index (κ3) is 4.41. The lowest BCUT2D eigenvalue weighted by atomic mass is 10.2. The smallest absolute Gasteiger partial charge is 0.0991 e. The van der Waals surface area contributed by atoms with Crippen molar-refractivity contribution in [1.29, 1.82) is 5.26 Å². The van der Waals surface area contributed by atoms with Crippen LogP contribution in [0.4, 0.5) is 0 Å². The molecule has 0 unspecified atom stereocenters. The van der Waals surface area contributed by atoms with Crippen LogP contribution in [0.3, 0.4) is 0 Å². The van der Waals surface area contributed by atoms with Gasteiger partial charge in [-0.25, -0.2) is 0 Å². The van der Waals surface area contributed by atoms with Crippen LogP contribution in [0.1, 0.15) is 23.6 Å². The molecule has 0 aliphatic heterocycles. The van der Waals surface area contributed by atoms with Crippen molar-refractivity contribution in [2.75, 3.05) is 6.54 Å². The number of hydrogen-bond acceptors (Lipinski definition) is 3. The number of nitriles is 1. The fraction of sp³-hybridized carbons (Fsp3) is 0.235. The van der Waals surface area contributed by atoms with E-state index in [0.717, 1.165) is 18.8 Å². The van der Waals surface area contributed by atoms with Gasteiger partial charge in [0.05, 0.1) is 11.6 Å². The molecule has 0 aromatic heterocycles. The van der Waals surface area contributed by atoms with E-state index in [9.17, 15) is 0 Å². The van der Waals surface area contributed by atoms with E-state index in [-0.39, 0.29) is 0 Å². The van der Waals surface area contributed by atoms with E-state index in [0.29, 0.717) is 5.56 Å². The maximum atomic E-state index is 8.78. The molecule has 1 N–H and O–H groups in total. The maximum Gasteiger partial charge on any atom is 0.0991 e. The van der Waals surface area contributed by atoms with Gasteiger partial charge in [-0.05, 0) is 41.9 Å². The van der Waals surface area contributed by atoms with Gasteiger partial charge in [0, 0.05) is 17.2 Å². The Hall–Kier alpha value is -1.76. The van der Waals surface area contributed by atoms with Gasteiger partial charge in [-0.15, -0.1) is 11.8 Å². The molecule has 2 nitrogen and oxygen atoms in total. The SMILES string of the molecule is CCNCc1cccc(SCc2ccc(C#N)cc2)c1. The van der Waals surface area contributed by atoms with Crippen molar-refractivity contribution in [1.82, 2.24) is 5.32 Å². The molecule has 0 amide bonds. The van der Waals surface area contributed by atoms with Gasteiger partial charge in [-0.1, -0.05) is 31.2 Å². The minimum absolute atomic E-state index is 0.714. The highest BCUT2D eigenvalue weighted by atomic mass is 32.2. The summed E-state index contributed by atoms with van der Waals surface area (Å²) in [7, 11) is 0. The number of hydrogen-bond donors (Lipinski definition) is 1. The predicted octanol–water partition coefficient (Wildman–Crippen LogP) is 3.96. The zero-order valence-electron chi connectivity index (χ0n) is 11.6. The molecule has 2 aromatic rings. The lowest BCUT2D eigenvalue weighted by Crippen LogP contribution is -2.11. The molecule has 0 spiro atoms. The van der Waals surface area contributed by atoms with Crippen molar-refractivity contribution in [2.24, 2.45) is 0 Å². The minimum Gasteiger partial charge on any atom is -0.313 e. The number of benzene rings is 2. The van der Waals surface area contributed by atoms with Gasteiger partial charge in [0.25, 0.3) is 0 Å². The first-order valence-electron chi connectivity index (χ1n) is 6.73. The monoisotopic (exact) mass is 282 g/mol. The van der Waals surface area contributed by atoms with Crippen molar-refractivity contribution in [3.8, 4) is 6.07 Å². The summed E-state index contributed by atoms with van der Waals surface area (Å²) >= 11 is 1.82. The number of thioether (sulfide) groups is 1. The Morgan fingerprint density at radius 1 is 1.10 bits per heavy atom. The third-order valence-electron chi connectivity index (χ3n) is 2.97. The highest BCUT2D eigenvalue weighted by Gasteiger charge is 1.99. The van der Waals surface area contributed by atoms with Gasteiger partial charge in [0.1, 0.15) is 0 Å². The minimum atomic E-state index is 0.714. The lowest BCUT2D eigenvalue weighted by molar-refractivity contribution is 0.725. The van der Waals surface area contributed by atoms with Crippen LogP contribution in [0.2, 0.25) is 0 Å². The van der Waals surface area contributed by atoms with E-state index in [1.54, 1.807) is 0 Å². The van der Waals surface area contributed by atoms with Crippen molar-refractivity contribution in [3.05, 3.63) is 65.2 Å². The second kappa shape index (κ2) is 7.74. The summed E-state index contributed by atoms with van der Waals surface area (Å²) in [5.74, 6) is 0.927. The molecule has 0 atom stereocenters. The zero-order chi connectivity index (χ0) is 14.2. The van der Waals surface area contributed by atoms with E-state index < -0.39 is 0 Å². The van der Waals surface area contributed by atoms with Crippen LogP contribution in [0, 0.1) is 11.3 Å². The molecule has 102 valence electrons. The van der Waals surface area contributed by atoms with Crippen LogP contribution in [0.15, 0.2) is 53.4 Å². The molecule has 0 saturated carbocycles. The largest absolute Gasteiger partial charge is 0.313 e. The Balaban J connectivity index is 1.94. The molecular weight excluding hydrogens is 264 g/mol. The van der Waals surface area contributed by atoms with Gasteiger partial charge in [0.2, 0.25) is 0 Å². The Labute approximate surface area is 124 Å². The average Bonchev–Trinajstić information content (AvgIpc) is 2.52. The van der Waals surface area contributed by atoms with E-state index >= 15 is 0 Å². The molecule has 0 heterocycles. The van der Waals surface area contributed by atoms with Gasteiger partial charge in [0.15, 0.2) is 0 Å². The van der Waals surface area contributed by atoms with Crippen molar-refractivity contribution in [2.45, 2.75) is 24.1 Å². The summed E-state index contributed by atoms with van der Waals surface area (Å²) in [4.78, 5) is 1.28. The van der Waals surface area contributed by atoms with Gasteiger partial charge in [-0.3, -0.25) is 0 Å². The molecule has 2 aromatic carbocycles. The first-order valence-corrected chi connectivity index (χ1v) is 7.72. The molecule has 20 heavy (non-hydrogen) atoms. The molecule has 0 radical (unpaired) electrons. The molecule has 2 rings (SSSR count). The second-order valence-electron chi connectivity index (χ2n) is 4.53. The average molecular weight is 282 g/mol. The summed E-state index contributed by atoms with van der Waals surface area (Å²) in [5.41, 5.74) is 3.27. The molecule has 0 saturated heterocycles. The van der Waals surface area contributed by atoms with Crippen molar-refractivity contribution in [3.63, 3.8) is 0 Å². The fourth-order valence-corrected chi connectivity index (χ4v) is 2.79. The van der Waals surface area contributed by atoms with Crippen LogP contribution >= 0.6 is 11.8 Å². The third-order valence-corrected chi connectivity index (χ3v) is 4.03. The van der Waals surface area contributed by atoms with Crippen molar-refractivity contribution >= 4 is 11.8 Å². The van der Waals surface area contributed by atoms with Crippen LogP contribution in [0.25, 0.3) is 0 Å². The highest BCUT2D eigenvalue weighted by Crippen LogP contribution is 2.23. The van der Waals surface area contributed by atoms with Crippen LogP contribution < -0.4 is 5.32 Å². The van der Waals surface area contributed by atoms with Gasteiger partial charge < -0.3 is 5.32 Å². The standard InChI is InChI=1S/C17H18N2S/c1-2-19-12-16-4-3-5-17(10-16)20-13-15-8-6-14(11-18)7-9-15/h3-10,19H,2,12-13H2,1H3. The first kappa shape index (κ1) is 14.6. The summed E-state index contributed by atoms with van der Waals surface area (Å²) in [5, 5.41) is 12.1. The molecule has 3 heteroatoms. The maximum absolute atomic E-state index is 8.78. The Bertz CT molecular complexity index is 585. The molecule has 0 fully saturated rings. The molecule has 0 aliphatic carbocycles. The molecule has 0 aliphatic rings. The van der Waals surface area contributed by atoms with Gasteiger partial charge >= 0.3 is 0 Å². The summed E-state index contributed by atoms with van der Waals surface area (Å²) in [6.45, 7) is 4.02. The molecular formula is C17H18N2S. The van der Waals surface area contributed by atoms with E-state index in [2.05, 4.69) is 42.6 Å². The summed E-state index contributed by atoms with van der Waals surface area (Å²) < 4.78 is 0. The van der Waals surface area contributed by atoms with Crippen LogP contribution in [0.5, 0.6) is 0 Å². The lowest BCUT2D eigenvalue weighted by Gasteiger charge is -2.06. The number of nitrogens with one attached hydrogen (secondary N) is 1. The van der Waals surface area contributed by atoms with Crippen molar-refractivity contribution < 1.29 is 0 Å². The van der Waals surface area contributed by atoms with E-state index in [1.807, 2.05) is 36.0 Å². The Kier molecular flexibility index (Phi) is 5.67. The van der Waals surface area contributed by atoms with Crippen LogP contribution in [-0.2, 0) is 12.3 Å². The Morgan fingerprint density at radius 2 is 1.90 bits per heavy atom. The summed E-state index contributed by atoms with van der Waals surface area (Å²) in [6.07, 6.45) is 0. The quantitative estimate of drug-likeness (QED) is 0.815. The number of rotatable bonds is 6. The zero-order valence-corrected chi connectivity index (χ0v) is 12.4. The topological polar surface area (TPSA) is 35.8 Å². The van der Waals surface area contributed by atoms with E-state index in [4.69, 9.17) is 5.26 Å². The predicted molar refractivity (Wildman–Crippen MR) is 84.5 cm³/mol. The fourth-order valence-electron chi connectivity index (χ4n) is 1.86. The first-order chi connectivity index (χ1) is 9.81. The number of nitrogens with zero attached hydrogens (tertiary/aromatic N) is 1. The second-order valence-corrected chi connectivity index (χ2v) is 5.57. The van der Waals surface area contributed by atoms with E-state index in [1.165, 1.54) is 16.0 Å². The van der Waals surface area contributed by atoms with Gasteiger partial charge in [-0.2, -0.15) is 5.26 Å². The van der Waals surface area contributed by atoms with Crippen LogP contribution in [-0.4, -0.2) is 6.54 Å². The highest BCUT2D eigenvalue weighted by molar-refractivity contribution is 7.98.